The van der Waals surface area contributed by atoms with Crippen LogP contribution in [0.4, 0.5) is 5.69 Å². The molecule has 14 heavy (non-hydrogen) atoms. The second kappa shape index (κ2) is 5.87. The molecule has 0 aliphatic carbocycles. The van der Waals surface area contributed by atoms with E-state index in [1.54, 1.807) is 6.07 Å². The van der Waals surface area contributed by atoms with E-state index >= 15 is 0 Å². The van der Waals surface area contributed by atoms with E-state index < -0.39 is 0 Å². The van der Waals surface area contributed by atoms with Crippen molar-refractivity contribution in [3.05, 3.63) is 24.3 Å². The van der Waals surface area contributed by atoms with Gasteiger partial charge >= 0.3 is 0 Å². The summed E-state index contributed by atoms with van der Waals surface area (Å²) in [4.78, 5) is 0. The number of nitrogen functional groups attached to an aromatic ring is 1. The highest BCUT2D eigenvalue weighted by Crippen LogP contribution is 2.14. The van der Waals surface area contributed by atoms with Gasteiger partial charge in [0.05, 0.1) is 12.7 Å². The van der Waals surface area contributed by atoms with Crippen molar-refractivity contribution >= 4 is 5.69 Å². The monoisotopic (exact) mass is 190 g/mol. The van der Waals surface area contributed by atoms with E-state index in [0.29, 0.717) is 18.7 Å². The van der Waals surface area contributed by atoms with Gasteiger partial charge in [0.15, 0.2) is 0 Å². The van der Waals surface area contributed by atoms with Gasteiger partial charge in [-0.3, -0.25) is 0 Å². The Kier molecular flexibility index (Phi) is 4.36. The third kappa shape index (κ3) is 3.81. The summed E-state index contributed by atoms with van der Waals surface area (Å²) in [6.07, 6.45) is 2.39. The zero-order valence-corrected chi connectivity index (χ0v) is 8.07. The molecule has 0 fully saturated rings. The van der Waals surface area contributed by atoms with Crippen molar-refractivity contribution in [2.24, 2.45) is 0 Å². The Morgan fingerprint density at radius 2 is 2.21 bits per heavy atom. The highest BCUT2D eigenvalue weighted by Gasteiger charge is 1.93. The van der Waals surface area contributed by atoms with Crippen molar-refractivity contribution in [2.75, 3.05) is 12.3 Å². The molecular weight excluding hydrogens is 176 g/mol. The standard InChI is InChI=1S/C11H14N2O/c12-7-2-1-3-8-14-11-6-4-5-10(13)9-11/h4-6,9H,1-3,8,13H2. The minimum Gasteiger partial charge on any atom is -0.494 e. The van der Waals surface area contributed by atoms with Crippen LogP contribution in [0.15, 0.2) is 24.3 Å². The Balaban J connectivity index is 2.22. The Morgan fingerprint density at radius 3 is 2.93 bits per heavy atom. The number of nitrogens with zero attached hydrogens (tertiary/aromatic N) is 1. The number of unbranched alkanes of at least 4 members (excludes halogenated alkanes) is 2. The average molecular weight is 190 g/mol. The molecule has 0 heterocycles. The molecule has 1 aromatic rings. The Bertz CT molecular complexity index is 317. The summed E-state index contributed by atoms with van der Waals surface area (Å²) < 4.78 is 5.44. The summed E-state index contributed by atoms with van der Waals surface area (Å²) >= 11 is 0. The number of nitrogens with two attached hydrogens (primary N) is 1. The molecule has 2 N–H and O–H groups in total. The van der Waals surface area contributed by atoms with E-state index in [-0.39, 0.29) is 0 Å². The Labute approximate surface area is 84.1 Å². The molecule has 0 aliphatic heterocycles. The van der Waals surface area contributed by atoms with Crippen LogP contribution in [0.5, 0.6) is 5.75 Å². The van der Waals surface area contributed by atoms with Gasteiger partial charge in [-0.05, 0) is 25.0 Å². The van der Waals surface area contributed by atoms with Gasteiger partial charge in [-0.1, -0.05) is 6.07 Å². The first-order valence-corrected chi connectivity index (χ1v) is 4.68. The van der Waals surface area contributed by atoms with Crippen LogP contribution in [0.3, 0.4) is 0 Å². The van der Waals surface area contributed by atoms with E-state index in [1.807, 2.05) is 18.2 Å². The molecule has 0 unspecified atom stereocenters. The fourth-order valence-corrected chi connectivity index (χ4v) is 1.10. The molecule has 1 aromatic carbocycles. The van der Waals surface area contributed by atoms with Gasteiger partial charge < -0.3 is 10.5 Å². The molecule has 0 aromatic heterocycles. The van der Waals surface area contributed by atoms with Crippen LogP contribution in [0, 0.1) is 11.3 Å². The quantitative estimate of drug-likeness (QED) is 0.572. The van der Waals surface area contributed by atoms with E-state index in [1.165, 1.54) is 0 Å². The van der Waals surface area contributed by atoms with Crippen LogP contribution >= 0.6 is 0 Å². The largest absolute Gasteiger partial charge is 0.494 e. The first kappa shape index (κ1) is 10.4. The van der Waals surface area contributed by atoms with Gasteiger partial charge in [0.25, 0.3) is 0 Å². The lowest BCUT2D eigenvalue weighted by atomic mass is 10.2. The Hall–Kier alpha value is -1.69. The number of benzene rings is 1. The summed E-state index contributed by atoms with van der Waals surface area (Å²) in [5, 5.41) is 8.31. The predicted molar refractivity (Wildman–Crippen MR) is 55.8 cm³/mol. The summed E-state index contributed by atoms with van der Waals surface area (Å²) in [6, 6.07) is 9.45. The van der Waals surface area contributed by atoms with Crippen LogP contribution < -0.4 is 10.5 Å². The molecule has 0 bridgehead atoms. The lowest BCUT2D eigenvalue weighted by molar-refractivity contribution is 0.308. The summed E-state index contributed by atoms with van der Waals surface area (Å²) in [6.45, 7) is 0.644. The second-order valence-electron chi connectivity index (χ2n) is 3.04. The van der Waals surface area contributed by atoms with Crippen LogP contribution in [0.1, 0.15) is 19.3 Å². The van der Waals surface area contributed by atoms with Crippen LogP contribution in [0.25, 0.3) is 0 Å². The van der Waals surface area contributed by atoms with Crippen LogP contribution in [-0.4, -0.2) is 6.61 Å². The molecule has 3 nitrogen and oxygen atoms in total. The predicted octanol–water partition coefficient (Wildman–Crippen LogP) is 2.34. The first-order valence-electron chi connectivity index (χ1n) is 4.68. The van der Waals surface area contributed by atoms with Crippen molar-refractivity contribution in [2.45, 2.75) is 19.3 Å². The van der Waals surface area contributed by atoms with Crippen LogP contribution in [-0.2, 0) is 0 Å². The number of hydrogen-bond donors (Lipinski definition) is 1. The fraction of sp³-hybridized carbons (Fsp3) is 0.364. The molecule has 0 atom stereocenters. The SMILES string of the molecule is N#CCCCCOc1cccc(N)c1. The van der Waals surface area contributed by atoms with Gasteiger partial charge in [0.2, 0.25) is 0 Å². The number of ether oxygens (including phenoxy) is 1. The lowest BCUT2D eigenvalue weighted by Gasteiger charge is -2.05. The normalized spacial score (nSPS) is 9.36. The van der Waals surface area contributed by atoms with Crippen molar-refractivity contribution in [3.8, 4) is 11.8 Å². The van der Waals surface area contributed by atoms with Gasteiger partial charge in [-0.15, -0.1) is 0 Å². The van der Waals surface area contributed by atoms with E-state index in [4.69, 9.17) is 15.7 Å². The number of hydrogen-bond acceptors (Lipinski definition) is 3. The van der Waals surface area contributed by atoms with E-state index in [0.717, 1.165) is 18.6 Å². The molecule has 74 valence electrons. The van der Waals surface area contributed by atoms with Gasteiger partial charge in [-0.2, -0.15) is 5.26 Å². The lowest BCUT2D eigenvalue weighted by Crippen LogP contribution is -1.97. The fourth-order valence-electron chi connectivity index (χ4n) is 1.10. The number of rotatable bonds is 5. The maximum atomic E-state index is 8.31. The van der Waals surface area contributed by atoms with Gasteiger partial charge in [0.1, 0.15) is 5.75 Å². The molecule has 1 rings (SSSR count). The van der Waals surface area contributed by atoms with Gasteiger partial charge in [-0.25, -0.2) is 0 Å². The number of nitriles is 1. The second-order valence-corrected chi connectivity index (χ2v) is 3.04. The molecule has 0 radical (unpaired) electrons. The highest BCUT2D eigenvalue weighted by atomic mass is 16.5. The zero-order chi connectivity index (χ0) is 10.2. The average Bonchev–Trinajstić information content (AvgIpc) is 2.18. The third-order valence-corrected chi connectivity index (χ3v) is 1.81. The van der Waals surface area contributed by atoms with Gasteiger partial charge in [0, 0.05) is 18.2 Å². The van der Waals surface area contributed by atoms with E-state index in [9.17, 15) is 0 Å². The Morgan fingerprint density at radius 1 is 1.36 bits per heavy atom. The van der Waals surface area contributed by atoms with Crippen LogP contribution in [0.2, 0.25) is 0 Å². The first-order chi connectivity index (χ1) is 6.83. The summed E-state index contributed by atoms with van der Waals surface area (Å²) in [5.74, 6) is 0.793. The molecular formula is C11H14N2O. The topological polar surface area (TPSA) is 59.0 Å². The van der Waals surface area contributed by atoms with Crippen molar-refractivity contribution in [1.82, 2.24) is 0 Å². The minimum absolute atomic E-state index is 0.598. The molecule has 0 spiro atoms. The zero-order valence-electron chi connectivity index (χ0n) is 8.07. The van der Waals surface area contributed by atoms with Crippen molar-refractivity contribution < 1.29 is 4.74 Å². The van der Waals surface area contributed by atoms with Crippen molar-refractivity contribution in [3.63, 3.8) is 0 Å². The van der Waals surface area contributed by atoms with Crippen molar-refractivity contribution in [1.29, 1.82) is 5.26 Å². The highest BCUT2D eigenvalue weighted by molar-refractivity contribution is 5.43. The summed E-state index contributed by atoms with van der Waals surface area (Å²) in [5.41, 5.74) is 6.30. The molecule has 3 heteroatoms. The molecule has 0 saturated heterocycles. The maximum absolute atomic E-state index is 8.31. The molecule has 0 aliphatic rings. The van der Waals surface area contributed by atoms with E-state index in [2.05, 4.69) is 6.07 Å². The number of anilines is 1. The minimum atomic E-state index is 0.598. The third-order valence-electron chi connectivity index (χ3n) is 1.81. The molecule has 0 saturated carbocycles. The smallest absolute Gasteiger partial charge is 0.121 e. The molecule has 0 amide bonds. The maximum Gasteiger partial charge on any atom is 0.121 e. The summed E-state index contributed by atoms with van der Waals surface area (Å²) in [7, 11) is 0.